The van der Waals surface area contributed by atoms with Gasteiger partial charge in [0.25, 0.3) is 5.91 Å². The molecular weight excluding hydrogens is 438 g/mol. The fourth-order valence-corrected chi connectivity index (χ4v) is 2.90. The summed E-state index contributed by atoms with van der Waals surface area (Å²) >= 11 is 9.17. The average molecular weight is 457 g/mol. The molecule has 8 heteroatoms. The molecule has 0 aliphatic rings. The number of ether oxygens (including phenoxy) is 3. The molecule has 1 N–H and O–H groups in total. The third kappa shape index (κ3) is 6.15. The second-order valence-electron chi connectivity index (χ2n) is 5.84. The predicted molar refractivity (Wildman–Crippen MR) is 106 cm³/mol. The van der Waals surface area contributed by atoms with Crippen LogP contribution in [0.3, 0.4) is 0 Å². The Morgan fingerprint density at radius 2 is 1.81 bits per heavy atom. The minimum atomic E-state index is -0.569. The number of nitrogens with one attached hydrogen (secondary N) is 1. The monoisotopic (exact) mass is 455 g/mol. The van der Waals surface area contributed by atoms with Gasteiger partial charge >= 0.3 is 5.97 Å². The second-order valence-corrected chi connectivity index (χ2v) is 7.13. The Balaban J connectivity index is 2.10. The van der Waals surface area contributed by atoms with Gasteiger partial charge in [-0.1, -0.05) is 11.6 Å². The molecule has 144 valence electrons. The van der Waals surface area contributed by atoms with Crippen molar-refractivity contribution in [3.05, 3.63) is 51.5 Å². The number of benzene rings is 2. The fourth-order valence-electron chi connectivity index (χ4n) is 2.14. The van der Waals surface area contributed by atoms with Crippen molar-refractivity contribution in [1.82, 2.24) is 5.32 Å². The normalized spacial score (nSPS) is 10.4. The Bertz CT molecular complexity index is 841. The zero-order valence-corrected chi connectivity index (χ0v) is 17.4. The summed E-state index contributed by atoms with van der Waals surface area (Å²) in [4.78, 5) is 24.1. The first-order chi connectivity index (χ1) is 12.8. The maximum atomic E-state index is 12.4. The Hall–Kier alpha value is -2.25. The Kier molecular flexibility index (Phi) is 7.50. The summed E-state index contributed by atoms with van der Waals surface area (Å²) < 4.78 is 16.6. The van der Waals surface area contributed by atoms with E-state index >= 15 is 0 Å². The summed E-state index contributed by atoms with van der Waals surface area (Å²) in [6.07, 6.45) is 0. The highest BCUT2D eigenvalue weighted by Crippen LogP contribution is 2.31. The highest BCUT2D eigenvalue weighted by atomic mass is 79.9. The summed E-state index contributed by atoms with van der Waals surface area (Å²) in [6, 6.07) is 9.43. The van der Waals surface area contributed by atoms with Crippen LogP contribution in [0.15, 0.2) is 40.9 Å². The molecule has 0 aromatic heterocycles. The van der Waals surface area contributed by atoms with Gasteiger partial charge in [0, 0.05) is 11.1 Å². The third-order valence-corrected chi connectivity index (χ3v) is 4.16. The smallest absolute Gasteiger partial charge is 0.343 e. The molecule has 0 saturated carbocycles. The Morgan fingerprint density at radius 1 is 1.11 bits per heavy atom. The topological polar surface area (TPSA) is 73.9 Å². The lowest BCUT2D eigenvalue weighted by Gasteiger charge is -2.13. The van der Waals surface area contributed by atoms with Gasteiger partial charge in [-0.3, -0.25) is 4.79 Å². The van der Waals surface area contributed by atoms with Crippen molar-refractivity contribution in [3.8, 4) is 17.2 Å². The van der Waals surface area contributed by atoms with Crippen LogP contribution in [-0.4, -0.2) is 31.6 Å². The highest BCUT2D eigenvalue weighted by molar-refractivity contribution is 9.10. The van der Waals surface area contributed by atoms with Crippen LogP contribution in [0.4, 0.5) is 0 Å². The molecule has 0 spiro atoms. The van der Waals surface area contributed by atoms with Gasteiger partial charge in [-0.25, -0.2) is 4.79 Å². The Labute approximate surface area is 170 Å². The number of halogens is 2. The molecule has 0 unspecified atom stereocenters. The molecule has 2 aromatic rings. The van der Waals surface area contributed by atoms with E-state index in [0.29, 0.717) is 26.7 Å². The SMILES string of the molecule is COc1cc(C(=O)Oc2ccc(Cl)cc2Br)ccc1OCC(=O)NC(C)C. The van der Waals surface area contributed by atoms with Crippen molar-refractivity contribution in [2.45, 2.75) is 19.9 Å². The molecule has 6 nitrogen and oxygen atoms in total. The lowest BCUT2D eigenvalue weighted by Crippen LogP contribution is -2.34. The van der Waals surface area contributed by atoms with Crippen LogP contribution in [0.2, 0.25) is 5.02 Å². The molecule has 1 amide bonds. The van der Waals surface area contributed by atoms with Gasteiger partial charge in [-0.2, -0.15) is 0 Å². The number of rotatable bonds is 7. The van der Waals surface area contributed by atoms with Crippen LogP contribution in [0.1, 0.15) is 24.2 Å². The number of carbonyl (C=O) groups excluding carboxylic acids is 2. The van der Waals surface area contributed by atoms with Crippen molar-refractivity contribution in [2.75, 3.05) is 13.7 Å². The van der Waals surface area contributed by atoms with Crippen LogP contribution in [0.5, 0.6) is 17.2 Å². The van der Waals surface area contributed by atoms with Gasteiger partial charge in [0.1, 0.15) is 5.75 Å². The second kappa shape index (κ2) is 9.62. The van der Waals surface area contributed by atoms with Crippen LogP contribution < -0.4 is 19.5 Å². The molecule has 0 fully saturated rings. The first-order valence-corrected chi connectivity index (χ1v) is 9.24. The zero-order chi connectivity index (χ0) is 20.0. The van der Waals surface area contributed by atoms with Gasteiger partial charge in [0.15, 0.2) is 18.1 Å². The molecule has 0 atom stereocenters. The first kappa shape index (κ1) is 21.1. The quantitative estimate of drug-likeness (QED) is 0.498. The van der Waals surface area contributed by atoms with Gasteiger partial charge in [-0.15, -0.1) is 0 Å². The van der Waals surface area contributed by atoms with Crippen LogP contribution in [0.25, 0.3) is 0 Å². The summed E-state index contributed by atoms with van der Waals surface area (Å²) in [5, 5.41) is 3.24. The van der Waals surface area contributed by atoms with E-state index in [1.165, 1.54) is 19.2 Å². The number of hydrogen-bond acceptors (Lipinski definition) is 5. The molecule has 2 aromatic carbocycles. The largest absolute Gasteiger partial charge is 0.493 e. The summed E-state index contributed by atoms with van der Waals surface area (Å²) in [5.41, 5.74) is 0.271. The molecule has 0 saturated heterocycles. The molecule has 27 heavy (non-hydrogen) atoms. The molecule has 0 radical (unpaired) electrons. The van der Waals surface area contributed by atoms with Gasteiger partial charge in [0.05, 0.1) is 17.1 Å². The van der Waals surface area contributed by atoms with Crippen LogP contribution in [-0.2, 0) is 4.79 Å². The number of hydrogen-bond donors (Lipinski definition) is 1. The number of methoxy groups -OCH3 is 1. The van der Waals surface area contributed by atoms with Crippen molar-refractivity contribution >= 4 is 39.4 Å². The number of amides is 1. The van der Waals surface area contributed by atoms with Crippen molar-refractivity contribution in [2.24, 2.45) is 0 Å². The fraction of sp³-hybridized carbons (Fsp3) is 0.263. The highest BCUT2D eigenvalue weighted by Gasteiger charge is 2.15. The number of esters is 1. The van der Waals surface area contributed by atoms with Gasteiger partial charge in [0.2, 0.25) is 0 Å². The molecule has 0 heterocycles. The predicted octanol–water partition coefficient (Wildman–Crippen LogP) is 4.23. The first-order valence-electron chi connectivity index (χ1n) is 8.07. The van der Waals surface area contributed by atoms with Gasteiger partial charge in [-0.05, 0) is 66.2 Å². The van der Waals surface area contributed by atoms with E-state index in [2.05, 4.69) is 21.2 Å². The van der Waals surface area contributed by atoms with E-state index in [4.69, 9.17) is 25.8 Å². The van der Waals surface area contributed by atoms with Crippen molar-refractivity contribution in [3.63, 3.8) is 0 Å². The van der Waals surface area contributed by atoms with Crippen molar-refractivity contribution in [1.29, 1.82) is 0 Å². The summed E-state index contributed by atoms with van der Waals surface area (Å²) in [7, 11) is 1.45. The third-order valence-electron chi connectivity index (χ3n) is 3.30. The molecular formula is C19H19BrClNO5. The lowest BCUT2D eigenvalue weighted by molar-refractivity contribution is -0.123. The maximum Gasteiger partial charge on any atom is 0.343 e. The molecule has 0 bridgehead atoms. The summed E-state index contributed by atoms with van der Waals surface area (Å²) in [6.45, 7) is 3.56. The van der Waals surface area contributed by atoms with E-state index in [0.717, 1.165) is 0 Å². The maximum absolute atomic E-state index is 12.4. The van der Waals surface area contributed by atoms with Crippen LogP contribution >= 0.6 is 27.5 Å². The lowest BCUT2D eigenvalue weighted by atomic mass is 10.2. The zero-order valence-electron chi connectivity index (χ0n) is 15.0. The Morgan fingerprint density at radius 3 is 2.44 bits per heavy atom. The number of carbonyl (C=O) groups is 2. The van der Waals surface area contributed by atoms with E-state index in [-0.39, 0.29) is 24.1 Å². The van der Waals surface area contributed by atoms with Gasteiger partial charge < -0.3 is 19.5 Å². The van der Waals surface area contributed by atoms with Crippen molar-refractivity contribution < 1.29 is 23.8 Å². The molecule has 0 aliphatic carbocycles. The minimum Gasteiger partial charge on any atom is -0.493 e. The van der Waals surface area contributed by atoms with E-state index in [1.54, 1.807) is 24.3 Å². The summed E-state index contributed by atoms with van der Waals surface area (Å²) in [5.74, 6) is 0.190. The van der Waals surface area contributed by atoms with Crippen LogP contribution in [0, 0.1) is 0 Å². The van der Waals surface area contributed by atoms with E-state index < -0.39 is 5.97 Å². The standard InChI is InChI=1S/C19H19BrClNO5/c1-11(2)22-18(23)10-26-16-6-4-12(8-17(16)25-3)19(24)27-15-7-5-13(21)9-14(15)20/h4-9,11H,10H2,1-3H3,(H,22,23). The van der Waals surface area contributed by atoms with E-state index in [9.17, 15) is 9.59 Å². The molecule has 2 rings (SSSR count). The minimum absolute atomic E-state index is 0.0207. The van der Waals surface area contributed by atoms with E-state index in [1.807, 2.05) is 13.8 Å². The molecule has 0 aliphatic heterocycles. The average Bonchev–Trinajstić information content (AvgIpc) is 2.61.